The molecule has 0 N–H and O–H groups in total. The van der Waals surface area contributed by atoms with E-state index in [9.17, 15) is 9.59 Å². The second-order valence-electron chi connectivity index (χ2n) is 2.49. The summed E-state index contributed by atoms with van der Waals surface area (Å²) >= 11 is 0. The molecule has 0 heterocycles. The zero-order valence-electron chi connectivity index (χ0n) is 8.06. The van der Waals surface area contributed by atoms with Gasteiger partial charge in [-0.2, -0.15) is 10.5 Å². The fourth-order valence-corrected chi connectivity index (χ4v) is 0.747. The minimum Gasteiger partial charge on any atom is -0.450 e. The number of hydrogen-bond donors (Lipinski definition) is 0. The molecule has 0 rings (SSSR count). The molecule has 6 heteroatoms. The molecule has 0 aromatic heterocycles. The highest BCUT2D eigenvalue weighted by Gasteiger charge is 2.06. The fraction of sp³-hybridized carbons (Fsp3) is 0.556. The Balaban J connectivity index is 3.46. The lowest BCUT2D eigenvalue weighted by atomic mass is 10.2. The topological polar surface area (TPSA) is 100 Å². The molecule has 0 aromatic carbocycles. The third-order valence-electron chi connectivity index (χ3n) is 1.36. The first-order valence-electron chi connectivity index (χ1n) is 4.26. The van der Waals surface area contributed by atoms with E-state index in [4.69, 9.17) is 10.5 Å². The summed E-state index contributed by atoms with van der Waals surface area (Å²) in [7, 11) is 0. The normalized spacial score (nSPS) is 8.40. The number of hydrogen-bond acceptors (Lipinski definition) is 6. The first-order chi connectivity index (χ1) is 7.20. The Labute approximate surface area is 87.0 Å². The van der Waals surface area contributed by atoms with Crippen LogP contribution in [0, 0.1) is 22.7 Å². The zero-order valence-corrected chi connectivity index (χ0v) is 8.06. The van der Waals surface area contributed by atoms with E-state index in [1.807, 2.05) is 0 Å². The van der Waals surface area contributed by atoms with Gasteiger partial charge < -0.3 is 9.47 Å². The van der Waals surface area contributed by atoms with E-state index in [1.54, 1.807) is 12.1 Å². The molecule has 80 valence electrons. The van der Waals surface area contributed by atoms with Gasteiger partial charge in [-0.25, -0.2) is 0 Å². The van der Waals surface area contributed by atoms with Crippen LogP contribution >= 0.6 is 0 Å². The molecule has 0 aliphatic rings. The van der Waals surface area contributed by atoms with E-state index >= 15 is 0 Å². The molecule has 0 aromatic rings. The molecule has 6 nitrogen and oxygen atoms in total. The van der Waals surface area contributed by atoms with E-state index in [1.165, 1.54) is 0 Å². The predicted octanol–water partition coefficient (Wildman–Crippen LogP) is 0.290. The van der Waals surface area contributed by atoms with Crippen LogP contribution in [-0.2, 0) is 19.1 Å². The maximum Gasteiger partial charge on any atom is 0.306 e. The quantitative estimate of drug-likeness (QED) is 0.584. The zero-order chi connectivity index (χ0) is 11.5. The minimum atomic E-state index is -0.523. The van der Waals surface area contributed by atoms with Crippen molar-refractivity contribution in [2.24, 2.45) is 0 Å². The number of nitriles is 2. The molecule has 0 saturated carbocycles. The SMILES string of the molecule is N#CCOC(=O)CCCC(=O)OCC#N. The van der Waals surface area contributed by atoms with Gasteiger partial charge in [0.25, 0.3) is 0 Å². The number of carbonyl (C=O) groups excluding carboxylic acids is 2. The van der Waals surface area contributed by atoms with Crippen molar-refractivity contribution in [1.82, 2.24) is 0 Å². The van der Waals surface area contributed by atoms with Crippen molar-refractivity contribution in [3.05, 3.63) is 0 Å². The molecule has 0 spiro atoms. The van der Waals surface area contributed by atoms with Crippen LogP contribution < -0.4 is 0 Å². The van der Waals surface area contributed by atoms with Crippen molar-refractivity contribution in [2.45, 2.75) is 19.3 Å². The van der Waals surface area contributed by atoms with Gasteiger partial charge in [-0.1, -0.05) is 0 Å². The van der Waals surface area contributed by atoms with Gasteiger partial charge in [-0.3, -0.25) is 9.59 Å². The van der Waals surface area contributed by atoms with Crippen LogP contribution in [0.25, 0.3) is 0 Å². The van der Waals surface area contributed by atoms with Gasteiger partial charge in [-0.05, 0) is 6.42 Å². The van der Waals surface area contributed by atoms with Crippen molar-refractivity contribution in [1.29, 1.82) is 10.5 Å². The molecule has 0 saturated heterocycles. The smallest absolute Gasteiger partial charge is 0.306 e. The first kappa shape index (κ1) is 12.9. The average Bonchev–Trinajstić information content (AvgIpc) is 2.23. The maximum atomic E-state index is 10.8. The van der Waals surface area contributed by atoms with E-state index in [2.05, 4.69) is 9.47 Å². The highest BCUT2D eigenvalue weighted by molar-refractivity contribution is 5.72. The predicted molar refractivity (Wildman–Crippen MR) is 47.0 cm³/mol. The molecule has 0 radical (unpaired) electrons. The Morgan fingerprint density at radius 3 is 1.67 bits per heavy atom. The number of carbonyl (C=O) groups is 2. The lowest BCUT2D eigenvalue weighted by molar-refractivity contribution is -0.144. The monoisotopic (exact) mass is 210 g/mol. The fourth-order valence-electron chi connectivity index (χ4n) is 0.747. The second-order valence-corrected chi connectivity index (χ2v) is 2.49. The van der Waals surface area contributed by atoms with E-state index in [0.717, 1.165) is 0 Å². The Bertz CT molecular complexity index is 270. The summed E-state index contributed by atoms with van der Waals surface area (Å²) < 4.78 is 8.90. The van der Waals surface area contributed by atoms with Gasteiger partial charge >= 0.3 is 11.9 Å². The standard InChI is InChI=1S/C9H10N2O4/c10-4-6-14-8(12)2-1-3-9(13)15-7-5-11/h1-3,6-7H2. The van der Waals surface area contributed by atoms with Crippen molar-refractivity contribution in [3.8, 4) is 12.1 Å². The van der Waals surface area contributed by atoms with Crippen LogP contribution in [0.4, 0.5) is 0 Å². The van der Waals surface area contributed by atoms with Crippen molar-refractivity contribution < 1.29 is 19.1 Å². The minimum absolute atomic E-state index is 0.0589. The third kappa shape index (κ3) is 8.26. The molecule has 0 bridgehead atoms. The highest BCUT2D eigenvalue weighted by Crippen LogP contribution is 1.99. The average molecular weight is 210 g/mol. The Morgan fingerprint density at radius 1 is 0.933 bits per heavy atom. The molecule has 0 aliphatic carbocycles. The Morgan fingerprint density at radius 2 is 1.33 bits per heavy atom. The van der Waals surface area contributed by atoms with E-state index in [0.29, 0.717) is 0 Å². The molecule has 15 heavy (non-hydrogen) atoms. The van der Waals surface area contributed by atoms with Gasteiger partial charge in [0.2, 0.25) is 0 Å². The van der Waals surface area contributed by atoms with Crippen LogP contribution in [-0.4, -0.2) is 25.2 Å². The number of ether oxygens (including phenoxy) is 2. The summed E-state index contributed by atoms with van der Waals surface area (Å²) in [5.74, 6) is -1.05. The van der Waals surface area contributed by atoms with Crippen LogP contribution in [0.3, 0.4) is 0 Å². The molecule has 0 atom stereocenters. The Kier molecular flexibility index (Phi) is 7.33. The van der Waals surface area contributed by atoms with Gasteiger partial charge in [0.05, 0.1) is 0 Å². The molecular formula is C9H10N2O4. The molecule has 0 aliphatic heterocycles. The molecule has 0 fully saturated rings. The Hall–Kier alpha value is -2.08. The number of nitrogens with zero attached hydrogens (tertiary/aromatic N) is 2. The largest absolute Gasteiger partial charge is 0.450 e. The lowest BCUT2D eigenvalue weighted by Crippen LogP contribution is -2.08. The molecule has 0 amide bonds. The first-order valence-corrected chi connectivity index (χ1v) is 4.26. The van der Waals surface area contributed by atoms with Crippen LogP contribution in [0.1, 0.15) is 19.3 Å². The summed E-state index contributed by atoms with van der Waals surface area (Å²) in [5.41, 5.74) is 0. The van der Waals surface area contributed by atoms with E-state index < -0.39 is 11.9 Å². The van der Waals surface area contributed by atoms with Crippen molar-refractivity contribution in [3.63, 3.8) is 0 Å². The third-order valence-corrected chi connectivity index (χ3v) is 1.36. The van der Waals surface area contributed by atoms with Gasteiger partial charge in [0.1, 0.15) is 12.1 Å². The van der Waals surface area contributed by atoms with Crippen molar-refractivity contribution in [2.75, 3.05) is 13.2 Å². The summed E-state index contributed by atoms with van der Waals surface area (Å²) in [4.78, 5) is 21.6. The maximum absolute atomic E-state index is 10.8. The summed E-state index contributed by atoms with van der Waals surface area (Å²) in [6.07, 6.45) is 0.404. The molecule has 0 unspecified atom stereocenters. The van der Waals surface area contributed by atoms with Crippen molar-refractivity contribution >= 4 is 11.9 Å². The van der Waals surface area contributed by atoms with Gasteiger partial charge in [0.15, 0.2) is 13.2 Å². The summed E-state index contributed by atoms with van der Waals surface area (Å²) in [6.45, 7) is -0.560. The van der Waals surface area contributed by atoms with Crippen LogP contribution in [0.2, 0.25) is 0 Å². The number of rotatable bonds is 6. The van der Waals surface area contributed by atoms with E-state index in [-0.39, 0.29) is 32.5 Å². The van der Waals surface area contributed by atoms with Gasteiger partial charge in [-0.15, -0.1) is 0 Å². The lowest BCUT2D eigenvalue weighted by Gasteiger charge is -2.00. The van der Waals surface area contributed by atoms with Crippen LogP contribution in [0.15, 0.2) is 0 Å². The van der Waals surface area contributed by atoms with Crippen LogP contribution in [0.5, 0.6) is 0 Å². The summed E-state index contributed by atoms with van der Waals surface area (Å²) in [5, 5.41) is 16.2. The van der Waals surface area contributed by atoms with Gasteiger partial charge in [0, 0.05) is 12.8 Å². The highest BCUT2D eigenvalue weighted by atomic mass is 16.5. The molecular weight excluding hydrogens is 200 g/mol. The number of esters is 2. The second kappa shape index (κ2) is 8.52. The summed E-state index contributed by atoms with van der Waals surface area (Å²) in [6, 6.07) is 3.31.